The van der Waals surface area contributed by atoms with Crippen LogP contribution in [0.15, 0.2) is 0 Å². The van der Waals surface area contributed by atoms with E-state index in [1.165, 1.54) is 13.8 Å². The van der Waals surface area contributed by atoms with Crippen LogP contribution in [0.4, 0.5) is 0 Å². The van der Waals surface area contributed by atoms with Crippen LogP contribution in [-0.4, -0.2) is 176 Å². The summed E-state index contributed by atoms with van der Waals surface area (Å²) in [7, 11) is -5.26. The molecule has 2 rings (SSSR count). The third-order valence-electron chi connectivity index (χ3n) is 9.75. The second-order valence-corrected chi connectivity index (χ2v) is 16.3. The molecule has 9 N–H and O–H groups in total. The van der Waals surface area contributed by atoms with Gasteiger partial charge in [-0.1, -0.05) is 27.7 Å². The van der Waals surface area contributed by atoms with Gasteiger partial charge in [0.15, 0.2) is 30.9 Å². The molecule has 2 aliphatic heterocycles. The van der Waals surface area contributed by atoms with Crippen molar-refractivity contribution in [1.82, 2.24) is 10.6 Å². The molecule has 0 aromatic heterocycles. The SMILES string of the molecule is CCC(=O)OC(CC)CC(=O)OC1C(NC(=O)CC(C)OC(C)=O)C(OCC2OC(O)C(NC(=O)CC(CC)OC(C)=O)C(OC(=O)CC(O)CC)C2O)OC(CO)C1O[P+](O)(O)O. The van der Waals surface area contributed by atoms with E-state index in [-0.39, 0.29) is 25.7 Å². The number of nitrogens with one attached hydrogen (secondary N) is 2. The summed E-state index contributed by atoms with van der Waals surface area (Å²) in [5.74, 6) is -5.93. The van der Waals surface area contributed by atoms with Crippen LogP contribution in [0.5, 0.6) is 0 Å². The minimum Gasteiger partial charge on any atom is -0.462 e. The van der Waals surface area contributed by atoms with Gasteiger partial charge in [0.05, 0.1) is 45.0 Å². The fraction of sp³-hybridized carbons (Fsp3) is 0.816. The molecule has 0 radical (unpaired) electrons. The van der Waals surface area contributed by atoms with E-state index in [0.717, 1.165) is 13.8 Å². The molecule has 0 aliphatic carbocycles. The van der Waals surface area contributed by atoms with Crippen molar-refractivity contribution >= 4 is 49.8 Å². The van der Waals surface area contributed by atoms with Crippen molar-refractivity contribution in [2.24, 2.45) is 0 Å². The molecule has 0 spiro atoms. The first-order valence-corrected chi connectivity index (χ1v) is 22.4. The van der Waals surface area contributed by atoms with E-state index in [9.17, 15) is 68.7 Å². The Morgan fingerprint density at radius 1 is 0.672 bits per heavy atom. The fourth-order valence-corrected chi connectivity index (χ4v) is 7.16. The molecule has 0 bridgehead atoms. The summed E-state index contributed by atoms with van der Waals surface area (Å²) in [6, 6.07) is -3.44. The standard InChI is InChI=1S/C38H63N2O23P/c1-8-21(44)13-29(48)61-35-31(39-27(46)14-22(9-2)57-20(7)43)37(51)59-25(33(35)50)17-55-38-32(40-26(45)12-18(5)56-19(6)42)36(34(24(16-41)60-38)63-64(52,53)54)62-30(49)15-23(10-3)58-28(47)11-4/h18,21-25,31-38,41,44,50-54H,8-17H2,1-7H3,(H-,39,40,45,46)/p+1. The van der Waals surface area contributed by atoms with Crippen LogP contribution in [0.25, 0.3) is 0 Å². The molecule has 2 fully saturated rings. The highest BCUT2D eigenvalue weighted by molar-refractivity contribution is 7.53. The van der Waals surface area contributed by atoms with Gasteiger partial charge in [-0.3, -0.25) is 33.6 Å². The van der Waals surface area contributed by atoms with Crippen LogP contribution in [0.2, 0.25) is 0 Å². The number of aliphatic hydroxyl groups is 4. The summed E-state index contributed by atoms with van der Waals surface area (Å²) < 4.78 is 48.9. The lowest BCUT2D eigenvalue weighted by atomic mass is 9.95. The van der Waals surface area contributed by atoms with Crippen molar-refractivity contribution in [2.45, 2.75) is 186 Å². The molecule has 368 valence electrons. The van der Waals surface area contributed by atoms with Crippen molar-refractivity contribution in [3.63, 3.8) is 0 Å². The topological polar surface area (TPSA) is 368 Å². The van der Waals surface area contributed by atoms with E-state index in [1.54, 1.807) is 20.8 Å². The van der Waals surface area contributed by atoms with Gasteiger partial charge in [0.25, 0.3) is 0 Å². The number of hydrogen-bond donors (Lipinski definition) is 9. The maximum absolute atomic E-state index is 13.5. The third kappa shape index (κ3) is 19.0. The minimum atomic E-state index is -5.26. The number of carbonyl (C=O) groups is 7. The van der Waals surface area contributed by atoms with Crippen LogP contribution in [0, 0.1) is 0 Å². The van der Waals surface area contributed by atoms with E-state index in [0.29, 0.717) is 0 Å². The van der Waals surface area contributed by atoms with Gasteiger partial charge >= 0.3 is 38.0 Å². The van der Waals surface area contributed by atoms with Crippen LogP contribution in [0.1, 0.15) is 99.8 Å². The summed E-state index contributed by atoms with van der Waals surface area (Å²) in [5.41, 5.74) is 0. The van der Waals surface area contributed by atoms with Crippen LogP contribution < -0.4 is 10.6 Å². The van der Waals surface area contributed by atoms with E-state index in [2.05, 4.69) is 10.6 Å². The smallest absolute Gasteiger partial charge is 0.462 e. The molecule has 64 heavy (non-hydrogen) atoms. The predicted molar refractivity (Wildman–Crippen MR) is 213 cm³/mol. The largest absolute Gasteiger partial charge is 0.567 e. The normalized spacial score (nSPS) is 27.7. The highest BCUT2D eigenvalue weighted by atomic mass is 31.2. The number of esters is 5. The monoisotopic (exact) mass is 947 g/mol. The zero-order valence-electron chi connectivity index (χ0n) is 36.8. The second-order valence-electron chi connectivity index (χ2n) is 15.1. The maximum atomic E-state index is 13.5. The Labute approximate surface area is 369 Å². The number of ether oxygens (including phenoxy) is 8. The molecular formula is C38H64N2O23P+. The summed E-state index contributed by atoms with van der Waals surface area (Å²) in [4.78, 5) is 118. The lowest BCUT2D eigenvalue weighted by Crippen LogP contribution is -2.68. The molecule has 14 unspecified atom stereocenters. The quantitative estimate of drug-likeness (QED) is 0.0271. The van der Waals surface area contributed by atoms with Gasteiger partial charge in [-0.05, 0) is 26.2 Å². The van der Waals surface area contributed by atoms with Gasteiger partial charge in [-0.25, -0.2) is 0 Å². The highest BCUT2D eigenvalue weighted by Crippen LogP contribution is 2.49. The zero-order valence-corrected chi connectivity index (χ0v) is 37.7. The molecule has 25 nitrogen and oxygen atoms in total. The molecule has 2 saturated heterocycles. The molecule has 14 atom stereocenters. The fourth-order valence-electron chi connectivity index (χ4n) is 6.58. The molecule has 2 amide bonds. The van der Waals surface area contributed by atoms with Crippen molar-refractivity contribution in [2.75, 3.05) is 13.2 Å². The van der Waals surface area contributed by atoms with E-state index in [1.807, 2.05) is 0 Å². The zero-order chi connectivity index (χ0) is 48.5. The lowest BCUT2D eigenvalue weighted by Gasteiger charge is -2.46. The molecule has 0 saturated carbocycles. The van der Waals surface area contributed by atoms with Crippen LogP contribution >= 0.6 is 8.17 Å². The van der Waals surface area contributed by atoms with Crippen molar-refractivity contribution in [1.29, 1.82) is 0 Å². The molecule has 2 aliphatic rings. The average molecular weight is 948 g/mol. The Morgan fingerprint density at radius 2 is 1.23 bits per heavy atom. The Morgan fingerprint density at radius 3 is 1.78 bits per heavy atom. The molecular weight excluding hydrogens is 883 g/mol. The summed E-state index contributed by atoms with van der Waals surface area (Å²) in [6.07, 6.45) is -20.7. The average Bonchev–Trinajstić information content (AvgIpc) is 3.19. The first-order valence-electron chi connectivity index (χ1n) is 20.8. The minimum absolute atomic E-state index is 0.0261. The number of hydrogen-bond acceptors (Lipinski definition) is 23. The predicted octanol–water partition coefficient (Wildman–Crippen LogP) is -2.01. The number of carbonyl (C=O) groups excluding carboxylic acids is 7. The molecule has 0 aromatic rings. The van der Waals surface area contributed by atoms with Crippen LogP contribution in [0.3, 0.4) is 0 Å². The molecule has 0 aromatic carbocycles. The molecule has 26 heteroatoms. The summed E-state index contributed by atoms with van der Waals surface area (Å²) in [5, 5.41) is 48.1. The Balaban J connectivity index is 2.57. The second kappa shape index (κ2) is 27.0. The van der Waals surface area contributed by atoms with Gasteiger partial charge < -0.3 is 69.0 Å². The lowest BCUT2D eigenvalue weighted by molar-refractivity contribution is -0.299. The van der Waals surface area contributed by atoms with Gasteiger partial charge in [-0.15, -0.1) is 4.52 Å². The maximum Gasteiger partial charge on any atom is 0.567 e. The van der Waals surface area contributed by atoms with E-state index in [4.69, 9.17) is 42.4 Å². The first-order chi connectivity index (χ1) is 29.9. The highest BCUT2D eigenvalue weighted by Gasteiger charge is 2.56. The summed E-state index contributed by atoms with van der Waals surface area (Å²) in [6.45, 7) is 8.07. The number of amides is 2. The third-order valence-corrected chi connectivity index (χ3v) is 10.3. The van der Waals surface area contributed by atoms with Gasteiger partial charge in [0.1, 0.15) is 48.7 Å². The number of aliphatic hydroxyl groups excluding tert-OH is 4. The van der Waals surface area contributed by atoms with Gasteiger partial charge in [-0.2, -0.15) is 14.7 Å². The first kappa shape index (κ1) is 56.4. The van der Waals surface area contributed by atoms with Crippen molar-refractivity contribution in [3.05, 3.63) is 0 Å². The number of rotatable bonds is 25. The van der Waals surface area contributed by atoms with Crippen LogP contribution in [-0.2, 0) is 76.0 Å². The summed E-state index contributed by atoms with van der Waals surface area (Å²) >= 11 is 0. The molecule has 2 heterocycles. The Kier molecular flexibility index (Phi) is 23.8. The Hall–Kier alpha value is -3.72. The van der Waals surface area contributed by atoms with Gasteiger partial charge in [0, 0.05) is 20.3 Å². The Bertz CT molecular complexity index is 1550. The van der Waals surface area contributed by atoms with Gasteiger partial charge in [0.2, 0.25) is 11.8 Å². The van der Waals surface area contributed by atoms with E-state index >= 15 is 0 Å². The van der Waals surface area contributed by atoms with E-state index < -0.39 is 174 Å². The van der Waals surface area contributed by atoms with Crippen molar-refractivity contribution in [3.8, 4) is 0 Å². The van der Waals surface area contributed by atoms with Crippen molar-refractivity contribution < 1.29 is 111 Å².